The maximum Gasteiger partial charge on any atom is 0.191 e. The molecular weight excluding hydrogens is 430 g/mol. The molecule has 0 unspecified atom stereocenters. The highest BCUT2D eigenvalue weighted by atomic mass is 127. The molecule has 2 fully saturated rings. The van der Waals surface area contributed by atoms with Gasteiger partial charge in [0.2, 0.25) is 0 Å². The number of likely N-dealkylation sites (tertiary alicyclic amines) is 1. The van der Waals surface area contributed by atoms with E-state index >= 15 is 0 Å². The largest absolute Gasteiger partial charge is 0.356 e. The van der Waals surface area contributed by atoms with E-state index in [1.807, 2.05) is 19.2 Å². The molecule has 25 heavy (non-hydrogen) atoms. The number of aliphatic imine (C=N–C) groups is 1. The van der Waals surface area contributed by atoms with Gasteiger partial charge in [-0.15, -0.1) is 24.0 Å². The van der Waals surface area contributed by atoms with E-state index in [4.69, 9.17) is 0 Å². The Morgan fingerprint density at radius 2 is 1.84 bits per heavy atom. The molecule has 0 bridgehead atoms. The summed E-state index contributed by atoms with van der Waals surface area (Å²) in [6.07, 6.45) is 6.30. The smallest absolute Gasteiger partial charge is 0.191 e. The van der Waals surface area contributed by atoms with Crippen LogP contribution in [0.25, 0.3) is 0 Å². The molecule has 4 nitrogen and oxygen atoms in total. The molecule has 1 saturated carbocycles. The maximum atomic E-state index is 13.0. The zero-order valence-electron chi connectivity index (χ0n) is 15.0. The monoisotopic (exact) mass is 460 g/mol. The summed E-state index contributed by atoms with van der Waals surface area (Å²) in [6, 6.07) is 7.33. The molecule has 1 aliphatic carbocycles. The Hall–Kier alpha value is -0.890. The number of hydrogen-bond donors (Lipinski definition) is 2. The van der Waals surface area contributed by atoms with Crippen molar-refractivity contribution in [2.45, 2.75) is 44.7 Å². The van der Waals surface area contributed by atoms with Gasteiger partial charge in [0, 0.05) is 39.3 Å². The molecule has 2 aliphatic rings. The van der Waals surface area contributed by atoms with Crippen molar-refractivity contribution in [1.82, 2.24) is 15.5 Å². The molecule has 1 aromatic carbocycles. The molecule has 1 heterocycles. The molecule has 0 atom stereocenters. The van der Waals surface area contributed by atoms with E-state index in [0.29, 0.717) is 6.04 Å². The average Bonchev–Trinajstić information content (AvgIpc) is 3.42. The summed E-state index contributed by atoms with van der Waals surface area (Å²) >= 11 is 0. The number of hydrogen-bond acceptors (Lipinski definition) is 2. The predicted molar refractivity (Wildman–Crippen MR) is 112 cm³/mol. The van der Waals surface area contributed by atoms with Gasteiger partial charge in [0.25, 0.3) is 0 Å². The zero-order valence-corrected chi connectivity index (χ0v) is 17.3. The number of benzene rings is 1. The van der Waals surface area contributed by atoms with Crippen LogP contribution in [0.1, 0.15) is 37.7 Å². The lowest BCUT2D eigenvalue weighted by Crippen LogP contribution is -2.48. The van der Waals surface area contributed by atoms with Crippen LogP contribution >= 0.6 is 24.0 Å². The SMILES string of the molecule is CN=C(NCCC1CC1)NC1CCN(Cc2ccc(F)cc2)CC1.I. The van der Waals surface area contributed by atoms with Crippen molar-refractivity contribution in [3.05, 3.63) is 35.6 Å². The van der Waals surface area contributed by atoms with Gasteiger partial charge in [0.1, 0.15) is 5.82 Å². The summed E-state index contributed by atoms with van der Waals surface area (Å²) in [5.74, 6) is 1.72. The lowest BCUT2D eigenvalue weighted by molar-refractivity contribution is 0.198. The number of nitrogens with one attached hydrogen (secondary N) is 2. The van der Waals surface area contributed by atoms with E-state index < -0.39 is 0 Å². The Kier molecular flexibility index (Phi) is 8.42. The summed E-state index contributed by atoms with van der Waals surface area (Å²) in [7, 11) is 1.84. The first kappa shape index (κ1) is 20.4. The molecule has 1 saturated heterocycles. The third kappa shape index (κ3) is 7.09. The minimum atomic E-state index is -0.165. The Balaban J connectivity index is 0.00000225. The quantitative estimate of drug-likeness (QED) is 0.389. The minimum absolute atomic E-state index is 0. The topological polar surface area (TPSA) is 39.7 Å². The standard InChI is InChI=1S/C19H29FN4.HI/c1-21-19(22-11-8-15-2-3-15)23-18-9-12-24(13-10-18)14-16-4-6-17(20)7-5-16;/h4-7,15,18H,2-3,8-14H2,1H3,(H2,21,22,23);1H. The van der Waals surface area contributed by atoms with Gasteiger partial charge >= 0.3 is 0 Å². The Morgan fingerprint density at radius 3 is 2.44 bits per heavy atom. The van der Waals surface area contributed by atoms with E-state index in [1.54, 1.807) is 12.1 Å². The van der Waals surface area contributed by atoms with E-state index in [2.05, 4.69) is 20.5 Å². The van der Waals surface area contributed by atoms with Gasteiger partial charge in [-0.05, 0) is 42.9 Å². The number of guanidine groups is 1. The molecule has 140 valence electrons. The summed E-state index contributed by atoms with van der Waals surface area (Å²) in [6.45, 7) is 4.05. The van der Waals surface area contributed by atoms with E-state index in [0.717, 1.165) is 50.9 Å². The van der Waals surface area contributed by atoms with Gasteiger partial charge in [-0.1, -0.05) is 25.0 Å². The molecule has 3 rings (SSSR count). The van der Waals surface area contributed by atoms with E-state index in [9.17, 15) is 4.39 Å². The van der Waals surface area contributed by atoms with Gasteiger partial charge in [0.15, 0.2) is 5.96 Å². The van der Waals surface area contributed by atoms with Crippen LogP contribution in [-0.2, 0) is 6.54 Å². The van der Waals surface area contributed by atoms with Gasteiger partial charge in [-0.3, -0.25) is 9.89 Å². The molecule has 0 radical (unpaired) electrons. The Labute approximate surface area is 167 Å². The van der Waals surface area contributed by atoms with Crippen molar-refractivity contribution in [1.29, 1.82) is 0 Å². The van der Waals surface area contributed by atoms with Gasteiger partial charge < -0.3 is 10.6 Å². The molecule has 0 aromatic heterocycles. The van der Waals surface area contributed by atoms with Crippen molar-refractivity contribution in [2.75, 3.05) is 26.7 Å². The van der Waals surface area contributed by atoms with Crippen molar-refractivity contribution >= 4 is 29.9 Å². The lowest BCUT2D eigenvalue weighted by Gasteiger charge is -2.33. The highest BCUT2D eigenvalue weighted by Gasteiger charge is 2.22. The average molecular weight is 460 g/mol. The first-order valence-electron chi connectivity index (χ1n) is 9.17. The van der Waals surface area contributed by atoms with Crippen molar-refractivity contribution in [3.63, 3.8) is 0 Å². The third-order valence-corrected chi connectivity index (χ3v) is 5.01. The van der Waals surface area contributed by atoms with Crippen LogP contribution in [-0.4, -0.2) is 43.6 Å². The predicted octanol–water partition coefficient (Wildman–Crippen LogP) is 3.37. The van der Waals surface area contributed by atoms with Crippen LogP contribution in [0.15, 0.2) is 29.3 Å². The van der Waals surface area contributed by atoms with Gasteiger partial charge in [-0.25, -0.2) is 4.39 Å². The van der Waals surface area contributed by atoms with Gasteiger partial charge in [-0.2, -0.15) is 0 Å². The summed E-state index contributed by atoms with van der Waals surface area (Å²) in [5, 5.41) is 6.99. The fraction of sp³-hybridized carbons (Fsp3) is 0.632. The second-order valence-corrected chi connectivity index (χ2v) is 7.05. The summed E-state index contributed by atoms with van der Waals surface area (Å²) in [5.41, 5.74) is 1.18. The molecule has 6 heteroatoms. The first-order chi connectivity index (χ1) is 11.7. The fourth-order valence-corrected chi connectivity index (χ4v) is 3.27. The normalized spacial score (nSPS) is 19.4. The molecule has 2 N–H and O–H groups in total. The first-order valence-corrected chi connectivity index (χ1v) is 9.17. The van der Waals surface area contributed by atoms with Crippen molar-refractivity contribution in [2.24, 2.45) is 10.9 Å². The molecule has 1 aliphatic heterocycles. The molecule has 0 amide bonds. The minimum Gasteiger partial charge on any atom is -0.356 e. The molecule has 1 aromatic rings. The maximum absolute atomic E-state index is 13.0. The second kappa shape index (κ2) is 10.3. The van der Waals surface area contributed by atoms with Crippen LogP contribution in [0.3, 0.4) is 0 Å². The van der Waals surface area contributed by atoms with Crippen molar-refractivity contribution < 1.29 is 4.39 Å². The number of piperidine rings is 1. The molecular formula is C19H30FIN4. The van der Waals surface area contributed by atoms with Gasteiger partial charge in [0.05, 0.1) is 0 Å². The van der Waals surface area contributed by atoms with Crippen LogP contribution in [0.2, 0.25) is 0 Å². The summed E-state index contributed by atoms with van der Waals surface area (Å²) < 4.78 is 13.0. The second-order valence-electron chi connectivity index (χ2n) is 7.05. The van der Waals surface area contributed by atoms with E-state index in [-0.39, 0.29) is 29.8 Å². The Morgan fingerprint density at radius 1 is 1.16 bits per heavy atom. The summed E-state index contributed by atoms with van der Waals surface area (Å²) in [4.78, 5) is 6.78. The highest BCUT2D eigenvalue weighted by Crippen LogP contribution is 2.31. The van der Waals surface area contributed by atoms with Crippen molar-refractivity contribution in [3.8, 4) is 0 Å². The lowest BCUT2D eigenvalue weighted by atomic mass is 10.0. The fourth-order valence-electron chi connectivity index (χ4n) is 3.27. The molecule has 0 spiro atoms. The number of rotatable bonds is 6. The number of nitrogens with zero attached hydrogens (tertiary/aromatic N) is 2. The van der Waals surface area contributed by atoms with Crippen LogP contribution in [0, 0.1) is 11.7 Å². The van der Waals surface area contributed by atoms with E-state index in [1.165, 1.54) is 24.8 Å². The van der Waals surface area contributed by atoms with Crippen LogP contribution < -0.4 is 10.6 Å². The highest BCUT2D eigenvalue weighted by molar-refractivity contribution is 14.0. The van der Waals surface area contributed by atoms with Crippen LogP contribution in [0.5, 0.6) is 0 Å². The zero-order chi connectivity index (χ0) is 16.8. The number of halogens is 2. The Bertz CT molecular complexity index is 537. The van der Waals surface area contributed by atoms with Crippen LogP contribution in [0.4, 0.5) is 4.39 Å². The third-order valence-electron chi connectivity index (χ3n) is 5.01.